The van der Waals surface area contributed by atoms with Crippen molar-refractivity contribution in [1.82, 2.24) is 15.3 Å². The molecule has 30 heavy (non-hydrogen) atoms. The highest BCUT2D eigenvalue weighted by atomic mass is 32.1. The quantitative estimate of drug-likeness (QED) is 0.375. The maximum atomic E-state index is 12.2. The van der Waals surface area contributed by atoms with Gasteiger partial charge in [-0.15, -0.1) is 0 Å². The van der Waals surface area contributed by atoms with Gasteiger partial charge in [-0.2, -0.15) is 0 Å². The van der Waals surface area contributed by atoms with Gasteiger partial charge < -0.3 is 15.6 Å². The summed E-state index contributed by atoms with van der Waals surface area (Å²) in [5, 5.41) is 7.27. The molecular formula is C24H22N4OS. The highest BCUT2D eigenvalue weighted by Crippen LogP contribution is 2.23. The van der Waals surface area contributed by atoms with Crippen molar-refractivity contribution in [2.45, 2.75) is 12.8 Å². The van der Waals surface area contributed by atoms with Crippen molar-refractivity contribution in [3.05, 3.63) is 94.8 Å². The molecule has 0 saturated heterocycles. The number of amides is 1. The van der Waals surface area contributed by atoms with Crippen molar-refractivity contribution in [1.29, 1.82) is 0 Å². The topological polar surface area (TPSA) is 69.8 Å². The van der Waals surface area contributed by atoms with Crippen molar-refractivity contribution in [3.63, 3.8) is 0 Å². The van der Waals surface area contributed by atoms with Crippen LogP contribution >= 0.6 is 12.2 Å². The summed E-state index contributed by atoms with van der Waals surface area (Å²) in [5.41, 5.74) is 4.00. The van der Waals surface area contributed by atoms with Gasteiger partial charge in [-0.1, -0.05) is 54.6 Å². The minimum atomic E-state index is 0.0219. The number of carbonyl (C=O) groups excluding carboxylic acids is 1. The number of nitrogens with zero attached hydrogens (tertiary/aromatic N) is 1. The lowest BCUT2D eigenvalue weighted by molar-refractivity contribution is -0.120. The standard InChI is InChI=1S/C24H22N4OS/c29-22(25-15-14-17-6-2-1-3-7-17)16-18-10-12-19(13-11-18)26-23-20-8-4-5-9-21(20)27-24(30)28-23/h1-13H,14-16H2,(H,25,29)(H2,26,27,28,30). The number of carbonyl (C=O) groups is 1. The number of rotatable bonds is 7. The molecule has 5 nitrogen and oxygen atoms in total. The predicted octanol–water partition coefficient (Wildman–Crippen LogP) is 4.94. The van der Waals surface area contributed by atoms with Crippen LogP contribution in [0.25, 0.3) is 10.9 Å². The number of hydrogen-bond donors (Lipinski definition) is 3. The maximum Gasteiger partial charge on any atom is 0.224 e. The Kier molecular flexibility index (Phi) is 6.15. The Bertz CT molecular complexity index is 1200. The third kappa shape index (κ3) is 5.10. The van der Waals surface area contributed by atoms with Crippen molar-refractivity contribution in [2.24, 2.45) is 0 Å². The van der Waals surface area contributed by atoms with E-state index >= 15 is 0 Å². The summed E-state index contributed by atoms with van der Waals surface area (Å²) in [6.07, 6.45) is 1.18. The largest absolute Gasteiger partial charge is 0.355 e. The smallest absolute Gasteiger partial charge is 0.224 e. The first-order valence-electron chi connectivity index (χ1n) is 9.83. The summed E-state index contributed by atoms with van der Waals surface area (Å²) < 4.78 is 0.431. The molecule has 0 aliphatic rings. The minimum absolute atomic E-state index is 0.0219. The molecule has 0 atom stereocenters. The van der Waals surface area contributed by atoms with Crippen LogP contribution in [0.2, 0.25) is 0 Å². The fourth-order valence-corrected chi connectivity index (χ4v) is 3.48. The van der Waals surface area contributed by atoms with Gasteiger partial charge in [0, 0.05) is 17.6 Å². The molecule has 0 fully saturated rings. The van der Waals surface area contributed by atoms with Crippen molar-refractivity contribution in [2.75, 3.05) is 11.9 Å². The summed E-state index contributed by atoms with van der Waals surface area (Å²) >= 11 is 5.23. The third-order valence-electron chi connectivity index (χ3n) is 4.80. The zero-order valence-electron chi connectivity index (χ0n) is 16.4. The second kappa shape index (κ2) is 9.33. The minimum Gasteiger partial charge on any atom is -0.355 e. The highest BCUT2D eigenvalue weighted by Gasteiger charge is 2.06. The molecule has 3 N–H and O–H groups in total. The van der Waals surface area contributed by atoms with E-state index in [4.69, 9.17) is 12.2 Å². The van der Waals surface area contributed by atoms with Gasteiger partial charge in [0.2, 0.25) is 5.91 Å². The van der Waals surface area contributed by atoms with Crippen LogP contribution < -0.4 is 10.6 Å². The van der Waals surface area contributed by atoms with Crippen molar-refractivity contribution < 1.29 is 4.79 Å². The average Bonchev–Trinajstić information content (AvgIpc) is 2.76. The molecule has 0 aliphatic carbocycles. The van der Waals surface area contributed by atoms with Gasteiger partial charge in [0.1, 0.15) is 5.82 Å². The Labute approximate surface area is 180 Å². The second-order valence-electron chi connectivity index (χ2n) is 7.02. The lowest BCUT2D eigenvalue weighted by Crippen LogP contribution is -2.27. The van der Waals surface area contributed by atoms with Crippen LogP contribution in [0.3, 0.4) is 0 Å². The van der Waals surface area contributed by atoms with E-state index in [1.54, 1.807) is 0 Å². The Morgan fingerprint density at radius 1 is 0.900 bits per heavy atom. The van der Waals surface area contributed by atoms with Crippen LogP contribution in [-0.2, 0) is 17.6 Å². The molecule has 0 spiro atoms. The maximum absolute atomic E-state index is 12.2. The van der Waals surface area contributed by atoms with E-state index in [2.05, 4.69) is 32.7 Å². The molecule has 0 aliphatic heterocycles. The summed E-state index contributed by atoms with van der Waals surface area (Å²) in [7, 11) is 0. The Morgan fingerprint density at radius 3 is 2.43 bits per heavy atom. The molecule has 1 aromatic heterocycles. The highest BCUT2D eigenvalue weighted by molar-refractivity contribution is 7.71. The van der Waals surface area contributed by atoms with Crippen LogP contribution in [0.1, 0.15) is 11.1 Å². The van der Waals surface area contributed by atoms with E-state index < -0.39 is 0 Å². The first kappa shape index (κ1) is 19.8. The normalized spacial score (nSPS) is 10.7. The summed E-state index contributed by atoms with van der Waals surface area (Å²) in [5.74, 6) is 0.731. The molecule has 0 unspecified atom stereocenters. The number of nitrogens with one attached hydrogen (secondary N) is 3. The molecule has 1 amide bonds. The second-order valence-corrected chi connectivity index (χ2v) is 7.41. The van der Waals surface area contributed by atoms with E-state index in [9.17, 15) is 4.79 Å². The summed E-state index contributed by atoms with van der Waals surface area (Å²) in [4.78, 5) is 19.7. The Morgan fingerprint density at radius 2 is 1.63 bits per heavy atom. The fraction of sp³-hybridized carbons (Fsp3) is 0.125. The number of hydrogen-bond acceptors (Lipinski definition) is 4. The van der Waals surface area contributed by atoms with E-state index in [1.165, 1.54) is 5.56 Å². The van der Waals surface area contributed by atoms with Gasteiger partial charge in [-0.25, -0.2) is 4.98 Å². The van der Waals surface area contributed by atoms with Crippen molar-refractivity contribution >= 4 is 40.5 Å². The van der Waals surface area contributed by atoms with Gasteiger partial charge in [0.25, 0.3) is 0 Å². The predicted molar refractivity (Wildman–Crippen MR) is 124 cm³/mol. The molecular weight excluding hydrogens is 392 g/mol. The molecule has 0 radical (unpaired) electrons. The molecule has 4 aromatic rings. The molecule has 150 valence electrons. The lowest BCUT2D eigenvalue weighted by atomic mass is 10.1. The van der Waals surface area contributed by atoms with Gasteiger partial charge in [0.05, 0.1) is 11.9 Å². The lowest BCUT2D eigenvalue weighted by Gasteiger charge is -2.10. The Balaban J connectivity index is 1.35. The summed E-state index contributed by atoms with van der Waals surface area (Å²) in [6.45, 7) is 0.635. The van der Waals surface area contributed by atoms with Crippen LogP contribution in [0.5, 0.6) is 0 Å². The number of H-pyrrole nitrogens is 1. The molecule has 1 heterocycles. The van der Waals surface area contributed by atoms with E-state index in [0.29, 0.717) is 23.6 Å². The molecule has 6 heteroatoms. The van der Waals surface area contributed by atoms with Gasteiger partial charge in [0.15, 0.2) is 4.77 Å². The number of aromatic nitrogens is 2. The van der Waals surface area contributed by atoms with Gasteiger partial charge in [-0.3, -0.25) is 4.79 Å². The van der Waals surface area contributed by atoms with E-state index in [1.807, 2.05) is 66.7 Å². The van der Waals surface area contributed by atoms with Gasteiger partial charge >= 0.3 is 0 Å². The number of para-hydroxylation sites is 1. The van der Waals surface area contributed by atoms with E-state index in [0.717, 1.165) is 28.6 Å². The van der Waals surface area contributed by atoms with Crippen LogP contribution in [0.4, 0.5) is 11.5 Å². The van der Waals surface area contributed by atoms with Crippen LogP contribution in [0.15, 0.2) is 78.9 Å². The Hall–Kier alpha value is -3.51. The number of anilines is 2. The zero-order chi connectivity index (χ0) is 20.8. The third-order valence-corrected chi connectivity index (χ3v) is 4.99. The average molecular weight is 415 g/mol. The molecule has 4 rings (SSSR count). The number of benzene rings is 3. The SMILES string of the molecule is O=C(Cc1ccc(Nc2nc(=S)[nH]c3ccccc23)cc1)NCCc1ccccc1. The van der Waals surface area contributed by atoms with E-state index in [-0.39, 0.29) is 5.91 Å². The number of fused-ring (bicyclic) bond motifs is 1. The molecule has 3 aromatic carbocycles. The monoisotopic (exact) mass is 414 g/mol. The van der Waals surface area contributed by atoms with Crippen LogP contribution in [0, 0.1) is 4.77 Å². The van der Waals surface area contributed by atoms with Gasteiger partial charge in [-0.05, 0) is 54.0 Å². The van der Waals surface area contributed by atoms with Crippen LogP contribution in [-0.4, -0.2) is 22.4 Å². The summed E-state index contributed by atoms with van der Waals surface area (Å²) in [6, 6.07) is 25.8. The first-order chi connectivity index (χ1) is 14.7. The molecule has 0 saturated carbocycles. The first-order valence-corrected chi connectivity index (χ1v) is 10.2. The molecule has 0 bridgehead atoms. The fourth-order valence-electron chi connectivity index (χ4n) is 3.28. The zero-order valence-corrected chi connectivity index (χ0v) is 17.2. The number of aromatic amines is 1. The van der Waals surface area contributed by atoms with Crippen molar-refractivity contribution in [3.8, 4) is 0 Å².